The average Bonchev–Trinajstić information content (AvgIpc) is 3.28. The summed E-state index contributed by atoms with van der Waals surface area (Å²) in [7, 11) is 0. The first-order valence-electron chi connectivity index (χ1n) is 7.27. The number of piperazine rings is 1. The molecule has 2 aliphatic rings. The lowest BCUT2D eigenvalue weighted by molar-refractivity contribution is -0.132. The van der Waals surface area contributed by atoms with Crippen molar-refractivity contribution in [1.29, 1.82) is 0 Å². The zero-order chi connectivity index (χ0) is 14.0. The van der Waals surface area contributed by atoms with E-state index in [1.54, 1.807) is 0 Å². The van der Waals surface area contributed by atoms with E-state index >= 15 is 0 Å². The molecule has 2 fully saturated rings. The van der Waals surface area contributed by atoms with Gasteiger partial charge in [-0.05, 0) is 36.1 Å². The van der Waals surface area contributed by atoms with Gasteiger partial charge in [0.1, 0.15) is 5.82 Å². The molecule has 1 saturated carbocycles. The molecule has 0 atom stereocenters. The van der Waals surface area contributed by atoms with Gasteiger partial charge in [-0.15, -0.1) is 0 Å². The summed E-state index contributed by atoms with van der Waals surface area (Å²) in [5, 5.41) is 0. The third-order valence-electron chi connectivity index (χ3n) is 4.42. The van der Waals surface area contributed by atoms with Gasteiger partial charge >= 0.3 is 0 Å². The van der Waals surface area contributed by atoms with Crippen LogP contribution in [0.2, 0.25) is 0 Å². The number of thiol groups is 1. The zero-order valence-electron chi connectivity index (χ0n) is 11.7. The average molecular weight is 291 g/mol. The summed E-state index contributed by atoms with van der Waals surface area (Å²) >= 11 is 4.38. The molecule has 0 radical (unpaired) electrons. The maximum atomic E-state index is 12.3. The predicted molar refractivity (Wildman–Crippen MR) is 83.2 cm³/mol. The second-order valence-electron chi connectivity index (χ2n) is 5.89. The van der Waals surface area contributed by atoms with Crippen LogP contribution < -0.4 is 4.90 Å². The maximum absolute atomic E-state index is 12.3. The van der Waals surface area contributed by atoms with Crippen LogP contribution in [0.5, 0.6) is 0 Å². The van der Waals surface area contributed by atoms with Gasteiger partial charge in [0.25, 0.3) is 0 Å². The van der Waals surface area contributed by atoms with Crippen molar-refractivity contribution in [2.75, 3.05) is 36.8 Å². The van der Waals surface area contributed by atoms with Gasteiger partial charge in [-0.2, -0.15) is 12.6 Å². The van der Waals surface area contributed by atoms with Crippen LogP contribution in [0.4, 0.5) is 5.82 Å². The molecule has 1 aromatic heterocycles. The minimum Gasteiger partial charge on any atom is -0.353 e. The Bertz CT molecular complexity index is 467. The lowest BCUT2D eigenvalue weighted by atomic mass is 10.0. The van der Waals surface area contributed by atoms with Crippen LogP contribution in [0.25, 0.3) is 0 Å². The SMILES string of the molecule is O=C(CC1(CS)CC1)N1CCN(c2ccccn2)CC1. The fraction of sp³-hybridized carbons (Fsp3) is 0.600. The molecule has 1 aliphatic carbocycles. The molecule has 0 aromatic carbocycles. The largest absolute Gasteiger partial charge is 0.353 e. The highest BCUT2D eigenvalue weighted by atomic mass is 32.1. The highest BCUT2D eigenvalue weighted by Crippen LogP contribution is 2.49. The van der Waals surface area contributed by atoms with E-state index in [4.69, 9.17) is 0 Å². The summed E-state index contributed by atoms with van der Waals surface area (Å²) in [6, 6.07) is 5.96. The molecule has 1 aromatic rings. The Balaban J connectivity index is 1.52. The summed E-state index contributed by atoms with van der Waals surface area (Å²) in [5.41, 5.74) is 0.221. The van der Waals surface area contributed by atoms with Crippen molar-refractivity contribution in [3.63, 3.8) is 0 Å². The van der Waals surface area contributed by atoms with Gasteiger partial charge in [0.15, 0.2) is 0 Å². The zero-order valence-corrected chi connectivity index (χ0v) is 12.6. The first-order chi connectivity index (χ1) is 9.72. The second kappa shape index (κ2) is 5.64. The fourth-order valence-electron chi connectivity index (χ4n) is 2.73. The van der Waals surface area contributed by atoms with Crippen molar-refractivity contribution in [1.82, 2.24) is 9.88 Å². The first-order valence-corrected chi connectivity index (χ1v) is 7.90. The Morgan fingerprint density at radius 2 is 2.00 bits per heavy atom. The Labute approximate surface area is 125 Å². The van der Waals surface area contributed by atoms with Crippen molar-refractivity contribution in [3.8, 4) is 0 Å². The number of carbonyl (C=O) groups excluding carboxylic acids is 1. The lowest BCUT2D eigenvalue weighted by Gasteiger charge is -2.36. The Kier molecular flexibility index (Phi) is 3.87. The molecule has 5 heteroatoms. The van der Waals surface area contributed by atoms with Crippen molar-refractivity contribution in [2.24, 2.45) is 5.41 Å². The standard InChI is InChI=1S/C15H21N3OS/c19-14(11-15(12-20)4-5-15)18-9-7-17(8-10-18)13-3-1-2-6-16-13/h1-3,6,20H,4-5,7-12H2. The van der Waals surface area contributed by atoms with Crippen molar-refractivity contribution < 1.29 is 4.79 Å². The van der Waals surface area contributed by atoms with Crippen LogP contribution >= 0.6 is 12.6 Å². The van der Waals surface area contributed by atoms with E-state index in [2.05, 4.69) is 22.5 Å². The van der Waals surface area contributed by atoms with E-state index in [1.807, 2.05) is 29.3 Å². The first kappa shape index (κ1) is 13.7. The number of hydrogen-bond acceptors (Lipinski definition) is 4. The Morgan fingerprint density at radius 1 is 1.25 bits per heavy atom. The normalized spacial score (nSPS) is 20.9. The number of amides is 1. The lowest BCUT2D eigenvalue weighted by Crippen LogP contribution is -2.49. The minimum atomic E-state index is 0.221. The highest BCUT2D eigenvalue weighted by molar-refractivity contribution is 7.80. The van der Waals surface area contributed by atoms with Crippen LogP contribution in [-0.4, -0.2) is 47.7 Å². The van der Waals surface area contributed by atoms with Gasteiger partial charge in [-0.3, -0.25) is 4.79 Å². The molecule has 20 heavy (non-hydrogen) atoms. The maximum Gasteiger partial charge on any atom is 0.223 e. The molecule has 108 valence electrons. The van der Waals surface area contributed by atoms with E-state index in [-0.39, 0.29) is 5.41 Å². The van der Waals surface area contributed by atoms with Gasteiger partial charge < -0.3 is 9.80 Å². The molecular weight excluding hydrogens is 270 g/mol. The second-order valence-corrected chi connectivity index (χ2v) is 6.21. The van der Waals surface area contributed by atoms with Crippen LogP contribution in [0, 0.1) is 5.41 Å². The number of anilines is 1. The topological polar surface area (TPSA) is 36.4 Å². The van der Waals surface area contributed by atoms with Gasteiger partial charge in [-0.1, -0.05) is 6.07 Å². The van der Waals surface area contributed by atoms with Gasteiger partial charge in [-0.25, -0.2) is 4.98 Å². The fourth-order valence-corrected chi connectivity index (χ4v) is 3.15. The van der Waals surface area contributed by atoms with E-state index in [9.17, 15) is 4.79 Å². The van der Waals surface area contributed by atoms with Crippen molar-refractivity contribution in [3.05, 3.63) is 24.4 Å². The van der Waals surface area contributed by atoms with E-state index < -0.39 is 0 Å². The van der Waals surface area contributed by atoms with Crippen molar-refractivity contribution >= 4 is 24.4 Å². The van der Waals surface area contributed by atoms with Crippen LogP contribution in [0.15, 0.2) is 24.4 Å². The predicted octanol–water partition coefficient (Wildman–Crippen LogP) is 1.83. The molecule has 0 unspecified atom stereocenters. The molecule has 3 rings (SSSR count). The molecule has 4 nitrogen and oxygen atoms in total. The molecule has 1 amide bonds. The number of rotatable bonds is 4. The van der Waals surface area contributed by atoms with E-state index in [0.29, 0.717) is 12.3 Å². The monoisotopic (exact) mass is 291 g/mol. The molecule has 0 bridgehead atoms. The summed E-state index contributed by atoms with van der Waals surface area (Å²) in [5.74, 6) is 2.15. The van der Waals surface area contributed by atoms with Gasteiger partial charge in [0.2, 0.25) is 5.91 Å². The number of nitrogens with zero attached hydrogens (tertiary/aromatic N) is 3. The Hall–Kier alpha value is -1.23. The number of carbonyl (C=O) groups is 1. The molecule has 2 heterocycles. The summed E-state index contributed by atoms with van der Waals surface area (Å²) in [6.07, 6.45) is 4.82. The molecule has 0 N–H and O–H groups in total. The third-order valence-corrected chi connectivity index (χ3v) is 5.10. The Morgan fingerprint density at radius 3 is 2.55 bits per heavy atom. The molecular formula is C15H21N3OS. The van der Waals surface area contributed by atoms with Gasteiger partial charge in [0, 0.05) is 38.8 Å². The van der Waals surface area contributed by atoms with Crippen molar-refractivity contribution in [2.45, 2.75) is 19.3 Å². The summed E-state index contributed by atoms with van der Waals surface area (Å²) in [6.45, 7) is 3.35. The van der Waals surface area contributed by atoms with E-state index in [1.165, 1.54) is 0 Å². The minimum absolute atomic E-state index is 0.221. The summed E-state index contributed by atoms with van der Waals surface area (Å²) in [4.78, 5) is 20.9. The molecule has 0 spiro atoms. The number of hydrogen-bond donors (Lipinski definition) is 1. The van der Waals surface area contributed by atoms with Crippen LogP contribution in [0.1, 0.15) is 19.3 Å². The van der Waals surface area contributed by atoms with Crippen LogP contribution in [-0.2, 0) is 4.79 Å². The number of aromatic nitrogens is 1. The van der Waals surface area contributed by atoms with Gasteiger partial charge in [0.05, 0.1) is 0 Å². The smallest absolute Gasteiger partial charge is 0.223 e. The third kappa shape index (κ3) is 2.92. The summed E-state index contributed by atoms with van der Waals surface area (Å²) < 4.78 is 0. The van der Waals surface area contributed by atoms with E-state index in [0.717, 1.165) is 50.6 Å². The quantitative estimate of drug-likeness (QED) is 0.860. The highest BCUT2D eigenvalue weighted by Gasteiger charge is 2.43. The molecule has 1 saturated heterocycles. The molecule has 1 aliphatic heterocycles. The number of pyridine rings is 1. The van der Waals surface area contributed by atoms with Crippen LogP contribution in [0.3, 0.4) is 0 Å².